The fourth-order valence-electron chi connectivity index (χ4n) is 5.58. The summed E-state index contributed by atoms with van der Waals surface area (Å²) in [6.07, 6.45) is 6.05. The van der Waals surface area contributed by atoms with E-state index in [2.05, 4.69) is 19.9 Å². The van der Waals surface area contributed by atoms with Crippen molar-refractivity contribution in [3.8, 4) is 17.3 Å². The number of rotatable bonds is 6. The number of aromatic nitrogens is 3. The van der Waals surface area contributed by atoms with E-state index in [1.54, 1.807) is 35.2 Å². The van der Waals surface area contributed by atoms with Crippen LogP contribution in [-0.2, 0) is 9.53 Å². The second-order valence-electron chi connectivity index (χ2n) is 10.5. The van der Waals surface area contributed by atoms with Crippen LogP contribution in [0.1, 0.15) is 6.42 Å². The molecule has 0 atom stereocenters. The molecule has 2 saturated heterocycles. The molecule has 2 aromatic heterocycles. The van der Waals surface area contributed by atoms with E-state index in [9.17, 15) is 9.18 Å². The zero-order valence-electron chi connectivity index (χ0n) is 23.7. The Kier molecular flexibility index (Phi) is 8.64. The van der Waals surface area contributed by atoms with Crippen LogP contribution in [0.4, 0.5) is 14.6 Å². The zero-order chi connectivity index (χ0) is 29.9. The summed E-state index contributed by atoms with van der Waals surface area (Å²) in [7, 11) is 1.42. The zero-order valence-corrected chi connectivity index (χ0v) is 24.5. The number of pyridine rings is 1. The SMILES string of the molecule is COc1nc(N2CCN(C(=O)/C=C/CN3CCCOCC3)CC2)c2cnc(-c3cccc4ccc(F)c(Cl)c34)c(F)c2n1. The molecule has 0 N–H and O–H groups in total. The van der Waals surface area contributed by atoms with E-state index in [1.165, 1.54) is 19.4 Å². The smallest absolute Gasteiger partial charge is 0.318 e. The first-order chi connectivity index (χ1) is 20.9. The van der Waals surface area contributed by atoms with E-state index in [0.29, 0.717) is 66.9 Å². The van der Waals surface area contributed by atoms with Crippen molar-refractivity contribution in [3.05, 3.63) is 65.3 Å². The van der Waals surface area contributed by atoms with Gasteiger partial charge in [-0.25, -0.2) is 8.78 Å². The lowest BCUT2D eigenvalue weighted by molar-refractivity contribution is -0.126. The van der Waals surface area contributed by atoms with Crippen LogP contribution in [0.5, 0.6) is 6.01 Å². The molecule has 0 radical (unpaired) electrons. The van der Waals surface area contributed by atoms with E-state index in [4.69, 9.17) is 21.1 Å². The third-order valence-electron chi connectivity index (χ3n) is 7.85. The maximum absolute atomic E-state index is 16.2. The summed E-state index contributed by atoms with van der Waals surface area (Å²) in [6.45, 7) is 5.94. The molecule has 9 nitrogen and oxygen atoms in total. The maximum Gasteiger partial charge on any atom is 0.318 e. The molecule has 6 rings (SSSR count). The average molecular weight is 609 g/mol. The highest BCUT2D eigenvalue weighted by molar-refractivity contribution is 6.36. The summed E-state index contributed by atoms with van der Waals surface area (Å²) in [5.74, 6) is -0.872. The molecule has 2 aliphatic heterocycles. The molecule has 2 fully saturated rings. The monoisotopic (exact) mass is 608 g/mol. The van der Waals surface area contributed by atoms with Crippen LogP contribution in [0.15, 0.2) is 48.7 Å². The lowest BCUT2D eigenvalue weighted by Crippen LogP contribution is -2.48. The molecule has 0 saturated carbocycles. The lowest BCUT2D eigenvalue weighted by atomic mass is 10.0. The third-order valence-corrected chi connectivity index (χ3v) is 8.22. The molecule has 2 aromatic carbocycles. The number of carbonyl (C=O) groups excluding carboxylic acids is 1. The molecule has 0 unspecified atom stereocenters. The van der Waals surface area contributed by atoms with Crippen molar-refractivity contribution in [2.75, 3.05) is 71.0 Å². The fourth-order valence-corrected chi connectivity index (χ4v) is 5.85. The largest absolute Gasteiger partial charge is 0.467 e. The number of ether oxygens (including phenoxy) is 2. The standard InChI is InChI=1S/C31H31ClF2N6O3/c1-42-31-36-29-22(19-35-28(27(29)34)21-6-2-5-20-8-9-23(33)26(32)25(20)21)30(37-31)40-14-12-39(13-15-40)24(41)7-3-10-38-11-4-17-43-18-16-38/h2-3,5-9,19H,4,10-18H2,1H3/b7-3+. The molecule has 4 aromatic rings. The van der Waals surface area contributed by atoms with E-state index in [0.717, 1.165) is 26.1 Å². The molecule has 2 aliphatic rings. The summed E-state index contributed by atoms with van der Waals surface area (Å²) in [5, 5.41) is 1.33. The average Bonchev–Trinajstić information content (AvgIpc) is 3.31. The van der Waals surface area contributed by atoms with Gasteiger partial charge < -0.3 is 19.3 Å². The Hall–Kier alpha value is -3.93. The van der Waals surface area contributed by atoms with E-state index >= 15 is 4.39 Å². The van der Waals surface area contributed by atoms with Crippen LogP contribution in [0.3, 0.4) is 0 Å². The molecule has 12 heteroatoms. The van der Waals surface area contributed by atoms with Crippen molar-refractivity contribution < 1.29 is 23.0 Å². The fraction of sp³-hybridized carbons (Fsp3) is 0.355. The second kappa shape index (κ2) is 12.7. The molecule has 0 spiro atoms. The Morgan fingerprint density at radius 2 is 1.91 bits per heavy atom. The van der Waals surface area contributed by atoms with Crippen LogP contribution in [0, 0.1) is 11.6 Å². The highest BCUT2D eigenvalue weighted by Gasteiger charge is 2.26. The molecule has 4 heterocycles. The van der Waals surface area contributed by atoms with Gasteiger partial charge in [-0.15, -0.1) is 0 Å². The van der Waals surface area contributed by atoms with Crippen LogP contribution in [0.2, 0.25) is 5.02 Å². The topological polar surface area (TPSA) is 83.9 Å². The summed E-state index contributed by atoms with van der Waals surface area (Å²) >= 11 is 6.31. The number of methoxy groups -OCH3 is 1. The Balaban J connectivity index is 1.24. The van der Waals surface area contributed by atoms with Crippen molar-refractivity contribution in [2.24, 2.45) is 0 Å². The van der Waals surface area contributed by atoms with Gasteiger partial charge in [0.15, 0.2) is 5.82 Å². The van der Waals surface area contributed by atoms with Gasteiger partial charge in [-0.05, 0) is 17.9 Å². The number of benzene rings is 2. The van der Waals surface area contributed by atoms with Gasteiger partial charge in [0, 0.05) is 75.6 Å². The van der Waals surface area contributed by atoms with Gasteiger partial charge in [0.2, 0.25) is 5.91 Å². The first-order valence-electron chi connectivity index (χ1n) is 14.2. The minimum atomic E-state index is -0.692. The van der Waals surface area contributed by atoms with Gasteiger partial charge in [0.1, 0.15) is 22.8 Å². The van der Waals surface area contributed by atoms with Crippen molar-refractivity contribution in [1.82, 2.24) is 24.8 Å². The summed E-state index contributed by atoms with van der Waals surface area (Å²) in [4.78, 5) is 32.2. The van der Waals surface area contributed by atoms with Crippen molar-refractivity contribution in [3.63, 3.8) is 0 Å². The van der Waals surface area contributed by atoms with E-state index in [-0.39, 0.29) is 28.2 Å². The molecular formula is C31H31ClF2N6O3. The summed E-state index contributed by atoms with van der Waals surface area (Å²) in [5.41, 5.74) is 0.369. The Morgan fingerprint density at radius 1 is 1.07 bits per heavy atom. The van der Waals surface area contributed by atoms with Crippen molar-refractivity contribution in [1.29, 1.82) is 0 Å². The van der Waals surface area contributed by atoms with Crippen molar-refractivity contribution in [2.45, 2.75) is 6.42 Å². The van der Waals surface area contributed by atoms with Gasteiger partial charge in [0.25, 0.3) is 0 Å². The molecule has 0 aliphatic carbocycles. The van der Waals surface area contributed by atoms with Gasteiger partial charge in [-0.2, -0.15) is 9.97 Å². The summed E-state index contributed by atoms with van der Waals surface area (Å²) in [6, 6.07) is 8.03. The van der Waals surface area contributed by atoms with Gasteiger partial charge in [-0.1, -0.05) is 41.9 Å². The number of piperazine rings is 1. The molecule has 43 heavy (non-hydrogen) atoms. The number of hydrogen-bond acceptors (Lipinski definition) is 8. The normalized spacial score (nSPS) is 16.7. The minimum absolute atomic E-state index is 0.000832. The molecule has 224 valence electrons. The molecular weight excluding hydrogens is 578 g/mol. The number of halogens is 3. The maximum atomic E-state index is 16.2. The quantitative estimate of drug-likeness (QED) is 0.291. The number of anilines is 1. The Labute approximate surface area is 252 Å². The highest BCUT2D eigenvalue weighted by Crippen LogP contribution is 2.38. The van der Waals surface area contributed by atoms with E-state index in [1.807, 2.05) is 11.0 Å². The van der Waals surface area contributed by atoms with Gasteiger partial charge >= 0.3 is 6.01 Å². The summed E-state index contributed by atoms with van der Waals surface area (Å²) < 4.78 is 41.4. The number of amides is 1. The van der Waals surface area contributed by atoms with Crippen LogP contribution < -0.4 is 9.64 Å². The molecule has 0 bridgehead atoms. The minimum Gasteiger partial charge on any atom is -0.467 e. The predicted molar refractivity (Wildman–Crippen MR) is 162 cm³/mol. The Morgan fingerprint density at radius 3 is 2.72 bits per heavy atom. The van der Waals surface area contributed by atoms with Crippen LogP contribution >= 0.6 is 11.6 Å². The van der Waals surface area contributed by atoms with Gasteiger partial charge in [0.05, 0.1) is 24.1 Å². The van der Waals surface area contributed by atoms with Crippen molar-refractivity contribution >= 4 is 45.0 Å². The number of carbonyl (C=O) groups is 1. The first kappa shape index (κ1) is 29.2. The number of nitrogens with zero attached hydrogens (tertiary/aromatic N) is 6. The number of fused-ring (bicyclic) bond motifs is 2. The lowest BCUT2D eigenvalue weighted by Gasteiger charge is -2.35. The van der Waals surface area contributed by atoms with Crippen LogP contribution in [-0.4, -0.2) is 96.8 Å². The highest BCUT2D eigenvalue weighted by atomic mass is 35.5. The third kappa shape index (κ3) is 5.97. The Bertz CT molecular complexity index is 1690. The van der Waals surface area contributed by atoms with Gasteiger partial charge in [-0.3, -0.25) is 14.7 Å². The molecule has 1 amide bonds. The number of hydrogen-bond donors (Lipinski definition) is 0. The first-order valence-corrected chi connectivity index (χ1v) is 14.6. The van der Waals surface area contributed by atoms with Crippen LogP contribution in [0.25, 0.3) is 32.9 Å². The van der Waals surface area contributed by atoms with E-state index < -0.39 is 11.6 Å². The second-order valence-corrected chi connectivity index (χ2v) is 10.8. The predicted octanol–water partition coefficient (Wildman–Crippen LogP) is 4.71.